The van der Waals surface area contributed by atoms with Gasteiger partial charge < -0.3 is 19.3 Å². The van der Waals surface area contributed by atoms with E-state index in [0.717, 1.165) is 35.2 Å². The number of halogens is 1. The number of carboxylic acid groups (broad SMARTS) is 1. The number of benzene rings is 1. The normalized spacial score (nSPS) is 19.3. The number of nitrogens with zero attached hydrogens (tertiary/aromatic N) is 4. The molecular weight excluding hydrogens is 456 g/mol. The molecule has 1 aliphatic rings. The van der Waals surface area contributed by atoms with Gasteiger partial charge in [-0.15, -0.1) is 0 Å². The Balaban J connectivity index is 1.65. The first-order valence-electron chi connectivity index (χ1n) is 11.4. The summed E-state index contributed by atoms with van der Waals surface area (Å²) in [6, 6.07) is 7.33. The molecule has 3 aromatic rings. The third kappa shape index (κ3) is 5.01. The molecule has 2 aromatic heterocycles. The number of ether oxygens (including phenoxy) is 1. The lowest BCUT2D eigenvalue weighted by atomic mass is 9.92. The summed E-state index contributed by atoms with van der Waals surface area (Å²) >= 11 is 6.45. The van der Waals surface area contributed by atoms with Gasteiger partial charge >= 0.3 is 5.97 Å². The number of anilines is 1. The van der Waals surface area contributed by atoms with E-state index < -0.39 is 12.1 Å². The Morgan fingerprint density at radius 3 is 2.65 bits per heavy atom. The van der Waals surface area contributed by atoms with E-state index >= 15 is 0 Å². The predicted octanol–water partition coefficient (Wildman–Crippen LogP) is 3.91. The Morgan fingerprint density at radius 1 is 1.26 bits per heavy atom. The zero-order chi connectivity index (χ0) is 24.6. The Labute approximate surface area is 203 Å². The SMILES string of the molecule is C[C@@H]1C[C@H](C)CN(c2ncc(Cl)c(Cc3ccc4c(c3)cc(O[C@H](C)C(=O)O)c(=O)n4C)n2)C1. The number of piperidine rings is 1. The quantitative estimate of drug-likeness (QED) is 0.566. The highest BCUT2D eigenvalue weighted by atomic mass is 35.5. The Bertz CT molecular complexity index is 1280. The number of aromatic nitrogens is 3. The molecule has 0 saturated carbocycles. The summed E-state index contributed by atoms with van der Waals surface area (Å²) in [6.45, 7) is 7.73. The molecule has 9 heteroatoms. The standard InChI is InChI=1S/C25H29ClN4O4/c1-14-7-15(2)13-30(12-14)25-27-11-19(26)20(28-25)9-17-5-6-21-18(8-17)10-22(23(31)29(21)4)34-16(3)24(32)33/h5-6,8,10-11,14-16H,7,9,12-13H2,1-4H3,(H,32,33)/t14-,15+,16-/m1/s1. The molecule has 0 amide bonds. The molecule has 34 heavy (non-hydrogen) atoms. The third-order valence-electron chi connectivity index (χ3n) is 6.23. The molecule has 180 valence electrons. The third-order valence-corrected chi connectivity index (χ3v) is 6.55. The number of hydrogen-bond donors (Lipinski definition) is 1. The van der Waals surface area contributed by atoms with Crippen LogP contribution in [0.5, 0.6) is 5.75 Å². The molecule has 1 fully saturated rings. The van der Waals surface area contributed by atoms with E-state index in [1.807, 2.05) is 18.2 Å². The van der Waals surface area contributed by atoms with E-state index in [2.05, 4.69) is 23.7 Å². The first kappa shape index (κ1) is 24.0. The Morgan fingerprint density at radius 2 is 1.97 bits per heavy atom. The second-order valence-corrected chi connectivity index (χ2v) is 9.76. The molecule has 0 radical (unpaired) electrons. The van der Waals surface area contributed by atoms with Crippen LogP contribution in [-0.4, -0.2) is 44.8 Å². The van der Waals surface area contributed by atoms with E-state index in [1.165, 1.54) is 17.9 Å². The van der Waals surface area contributed by atoms with E-state index in [-0.39, 0.29) is 11.3 Å². The van der Waals surface area contributed by atoms with Gasteiger partial charge in [-0.05, 0) is 48.9 Å². The van der Waals surface area contributed by atoms with Gasteiger partial charge in [0.2, 0.25) is 5.95 Å². The molecule has 3 atom stereocenters. The summed E-state index contributed by atoms with van der Waals surface area (Å²) < 4.78 is 6.85. The molecule has 3 heterocycles. The van der Waals surface area contributed by atoms with Gasteiger partial charge in [-0.1, -0.05) is 31.5 Å². The smallest absolute Gasteiger partial charge is 0.344 e. The lowest BCUT2D eigenvalue weighted by Crippen LogP contribution is -2.39. The van der Waals surface area contributed by atoms with Crippen LogP contribution in [0.4, 0.5) is 5.95 Å². The molecule has 1 N–H and O–H groups in total. The van der Waals surface area contributed by atoms with Crippen LogP contribution in [0.3, 0.4) is 0 Å². The van der Waals surface area contributed by atoms with Crippen molar-refractivity contribution in [1.29, 1.82) is 0 Å². The maximum Gasteiger partial charge on any atom is 0.344 e. The minimum absolute atomic E-state index is 0.00209. The van der Waals surface area contributed by atoms with Crippen LogP contribution in [0.15, 0.2) is 35.3 Å². The summed E-state index contributed by atoms with van der Waals surface area (Å²) in [5, 5.41) is 10.4. The first-order chi connectivity index (χ1) is 16.1. The largest absolute Gasteiger partial charge is 0.479 e. The zero-order valence-electron chi connectivity index (χ0n) is 19.8. The monoisotopic (exact) mass is 484 g/mol. The number of fused-ring (bicyclic) bond motifs is 1. The predicted molar refractivity (Wildman–Crippen MR) is 132 cm³/mol. The molecule has 8 nitrogen and oxygen atoms in total. The lowest BCUT2D eigenvalue weighted by molar-refractivity contribution is -0.144. The number of carbonyl (C=O) groups is 1. The highest BCUT2D eigenvalue weighted by Gasteiger charge is 2.24. The van der Waals surface area contributed by atoms with Crippen molar-refractivity contribution < 1.29 is 14.6 Å². The molecule has 0 unspecified atom stereocenters. The highest BCUT2D eigenvalue weighted by molar-refractivity contribution is 6.31. The minimum atomic E-state index is -1.14. The summed E-state index contributed by atoms with van der Waals surface area (Å²) in [6.07, 6.45) is 2.22. The van der Waals surface area contributed by atoms with Crippen molar-refractivity contribution in [1.82, 2.24) is 14.5 Å². The van der Waals surface area contributed by atoms with Crippen molar-refractivity contribution in [2.24, 2.45) is 18.9 Å². The van der Waals surface area contributed by atoms with Gasteiger partial charge in [-0.3, -0.25) is 4.79 Å². The van der Waals surface area contributed by atoms with Crippen molar-refractivity contribution in [3.05, 3.63) is 57.1 Å². The van der Waals surface area contributed by atoms with Gasteiger partial charge in [0.15, 0.2) is 11.9 Å². The van der Waals surface area contributed by atoms with Crippen LogP contribution in [0.25, 0.3) is 10.9 Å². The van der Waals surface area contributed by atoms with Gasteiger partial charge in [0.1, 0.15) is 0 Å². The fraction of sp³-hybridized carbons (Fsp3) is 0.440. The van der Waals surface area contributed by atoms with Crippen LogP contribution in [0.2, 0.25) is 5.02 Å². The number of rotatable bonds is 6. The van der Waals surface area contributed by atoms with Crippen LogP contribution < -0.4 is 15.2 Å². The van der Waals surface area contributed by atoms with Crippen molar-refractivity contribution in [3.8, 4) is 5.75 Å². The van der Waals surface area contributed by atoms with E-state index in [0.29, 0.717) is 29.2 Å². The summed E-state index contributed by atoms with van der Waals surface area (Å²) in [5.41, 5.74) is 2.02. The maximum absolute atomic E-state index is 12.6. The number of carboxylic acids is 1. The molecule has 0 aliphatic carbocycles. The average Bonchev–Trinajstić information content (AvgIpc) is 2.78. The highest BCUT2D eigenvalue weighted by Crippen LogP contribution is 2.27. The number of aliphatic carboxylic acids is 1. The van der Waals surface area contributed by atoms with Crippen LogP contribution in [-0.2, 0) is 18.3 Å². The molecule has 1 aliphatic heterocycles. The lowest BCUT2D eigenvalue weighted by Gasteiger charge is -2.35. The van der Waals surface area contributed by atoms with E-state index in [4.69, 9.17) is 26.4 Å². The van der Waals surface area contributed by atoms with Crippen LogP contribution in [0.1, 0.15) is 38.4 Å². The van der Waals surface area contributed by atoms with Gasteiger partial charge in [0.25, 0.3) is 5.56 Å². The van der Waals surface area contributed by atoms with Crippen molar-refractivity contribution in [3.63, 3.8) is 0 Å². The van der Waals surface area contributed by atoms with Crippen molar-refractivity contribution >= 4 is 34.4 Å². The van der Waals surface area contributed by atoms with E-state index in [9.17, 15) is 9.59 Å². The first-order valence-corrected chi connectivity index (χ1v) is 11.8. The molecular formula is C25H29ClN4O4. The van der Waals surface area contributed by atoms with Gasteiger partial charge in [-0.2, -0.15) is 0 Å². The van der Waals surface area contributed by atoms with Gasteiger partial charge in [0.05, 0.1) is 22.4 Å². The number of aryl methyl sites for hydroxylation is 1. The molecule has 0 spiro atoms. The second kappa shape index (κ2) is 9.62. The summed E-state index contributed by atoms with van der Waals surface area (Å²) in [7, 11) is 1.64. The molecule has 1 saturated heterocycles. The average molecular weight is 485 g/mol. The fourth-order valence-corrected chi connectivity index (χ4v) is 4.78. The zero-order valence-corrected chi connectivity index (χ0v) is 20.5. The second-order valence-electron chi connectivity index (χ2n) is 9.36. The number of hydrogen-bond acceptors (Lipinski definition) is 6. The summed E-state index contributed by atoms with van der Waals surface area (Å²) in [4.78, 5) is 35.3. The molecule has 1 aromatic carbocycles. The van der Waals surface area contributed by atoms with Crippen molar-refractivity contribution in [2.45, 2.75) is 39.7 Å². The Kier molecular flexibility index (Phi) is 6.79. The summed E-state index contributed by atoms with van der Waals surface area (Å²) in [5.74, 6) is 0.720. The van der Waals surface area contributed by atoms with E-state index in [1.54, 1.807) is 19.3 Å². The topological polar surface area (TPSA) is 97.6 Å². The van der Waals surface area contributed by atoms with Crippen LogP contribution in [0, 0.1) is 11.8 Å². The molecule has 0 bridgehead atoms. The van der Waals surface area contributed by atoms with Crippen molar-refractivity contribution in [2.75, 3.05) is 18.0 Å². The number of pyridine rings is 1. The maximum atomic E-state index is 12.6. The fourth-order valence-electron chi connectivity index (χ4n) is 4.63. The van der Waals surface area contributed by atoms with Crippen LogP contribution >= 0.6 is 11.6 Å². The van der Waals surface area contributed by atoms with Gasteiger partial charge in [-0.25, -0.2) is 14.8 Å². The minimum Gasteiger partial charge on any atom is -0.479 e. The Hall–Kier alpha value is -3.13. The van der Waals surface area contributed by atoms with Gasteiger partial charge in [0, 0.05) is 31.9 Å². The molecule has 4 rings (SSSR count).